The van der Waals surface area contributed by atoms with Gasteiger partial charge in [0.25, 0.3) is 0 Å². The molecule has 0 bridgehead atoms. The summed E-state index contributed by atoms with van der Waals surface area (Å²) in [5, 5.41) is 0. The summed E-state index contributed by atoms with van der Waals surface area (Å²) < 4.78 is 39.5. The fourth-order valence-corrected chi connectivity index (χ4v) is 2.35. The van der Waals surface area contributed by atoms with Crippen molar-refractivity contribution in [3.8, 4) is 0 Å². The van der Waals surface area contributed by atoms with Crippen molar-refractivity contribution >= 4 is 0 Å². The second-order valence-electron chi connectivity index (χ2n) is 4.90. The van der Waals surface area contributed by atoms with E-state index in [2.05, 4.69) is 0 Å². The zero-order valence-corrected chi connectivity index (χ0v) is 11.6. The second-order valence-corrected chi connectivity index (χ2v) is 4.90. The molecule has 0 unspecified atom stereocenters. The Morgan fingerprint density at radius 3 is 0.864 bits per heavy atom. The summed E-state index contributed by atoms with van der Waals surface area (Å²) in [5.74, 6) is -0.205. The van der Waals surface area contributed by atoms with Gasteiger partial charge in [-0.2, -0.15) is 0 Å². The van der Waals surface area contributed by atoms with E-state index in [9.17, 15) is 13.2 Å². The van der Waals surface area contributed by atoms with Gasteiger partial charge in [-0.05, 0) is 53.1 Å². The van der Waals surface area contributed by atoms with Crippen LogP contribution < -0.4 is 0 Å². The van der Waals surface area contributed by atoms with Crippen LogP contribution >= 0.6 is 0 Å². The second kappa shape index (κ2) is 6.06. The van der Waals surface area contributed by atoms with Crippen LogP contribution in [0.4, 0.5) is 13.2 Å². The molecule has 0 nitrogen and oxygen atoms in total. The van der Waals surface area contributed by atoms with Gasteiger partial charge >= 0.3 is 0 Å². The van der Waals surface area contributed by atoms with Crippen molar-refractivity contribution in [1.82, 2.24) is 0 Å². The highest BCUT2D eigenvalue weighted by molar-refractivity contribution is 5.57. The molecule has 0 amide bonds. The number of benzene rings is 3. The Morgan fingerprint density at radius 1 is 0.409 bits per heavy atom. The van der Waals surface area contributed by atoms with Gasteiger partial charge in [0.2, 0.25) is 0 Å². The SMILES string of the molecule is Fc1ccc([C](c2ccc(F)cc2)c2ccc(F)cc2)cc1. The third-order valence-corrected chi connectivity index (χ3v) is 3.40. The molecular weight excluding hydrogens is 285 g/mol. The maximum atomic E-state index is 13.2. The van der Waals surface area contributed by atoms with Crippen molar-refractivity contribution in [2.75, 3.05) is 0 Å². The Hall–Kier alpha value is -2.55. The Kier molecular flexibility index (Phi) is 3.96. The average Bonchev–Trinajstić information content (AvgIpc) is 2.53. The molecule has 3 heteroatoms. The largest absolute Gasteiger partial charge is 0.207 e. The lowest BCUT2D eigenvalue weighted by molar-refractivity contribution is 0.627. The van der Waals surface area contributed by atoms with Gasteiger partial charge in [-0.3, -0.25) is 0 Å². The molecule has 1 radical (unpaired) electrons. The van der Waals surface area contributed by atoms with E-state index in [-0.39, 0.29) is 17.5 Å². The molecule has 0 N–H and O–H groups in total. The molecule has 0 saturated carbocycles. The lowest BCUT2D eigenvalue weighted by atomic mass is 9.85. The highest BCUT2D eigenvalue weighted by atomic mass is 19.1. The Balaban J connectivity index is 2.10. The third-order valence-electron chi connectivity index (χ3n) is 3.40. The van der Waals surface area contributed by atoms with Gasteiger partial charge < -0.3 is 0 Å². The molecule has 0 atom stereocenters. The van der Waals surface area contributed by atoms with E-state index in [1.165, 1.54) is 36.4 Å². The maximum absolute atomic E-state index is 13.2. The molecule has 0 saturated heterocycles. The predicted molar refractivity (Wildman–Crippen MR) is 79.7 cm³/mol. The van der Waals surface area contributed by atoms with E-state index in [4.69, 9.17) is 0 Å². The van der Waals surface area contributed by atoms with Crippen LogP contribution in [-0.2, 0) is 0 Å². The van der Waals surface area contributed by atoms with E-state index in [0.717, 1.165) is 22.6 Å². The Bertz CT molecular complexity index is 636. The van der Waals surface area contributed by atoms with Crippen molar-refractivity contribution in [2.45, 2.75) is 0 Å². The van der Waals surface area contributed by atoms with E-state index >= 15 is 0 Å². The van der Waals surface area contributed by atoms with E-state index in [1.807, 2.05) is 0 Å². The Labute approximate surface area is 126 Å². The summed E-state index contributed by atoms with van der Waals surface area (Å²) in [5.41, 5.74) is 2.33. The van der Waals surface area contributed by atoms with Crippen molar-refractivity contribution < 1.29 is 13.2 Å². The standard InChI is InChI=1S/C19H12F3/c20-16-7-1-13(2-8-16)19(14-3-9-17(21)10-4-14)15-5-11-18(22)12-6-15/h1-12H. The van der Waals surface area contributed by atoms with Crippen molar-refractivity contribution in [1.29, 1.82) is 0 Å². The highest BCUT2D eigenvalue weighted by Crippen LogP contribution is 2.31. The molecule has 0 aliphatic rings. The summed E-state index contributed by atoms with van der Waals surface area (Å²) >= 11 is 0. The summed E-state index contributed by atoms with van der Waals surface area (Å²) in [6, 6.07) is 18.1. The molecular formula is C19H12F3. The minimum absolute atomic E-state index is 0.332. The first-order valence-corrected chi connectivity index (χ1v) is 6.78. The molecule has 0 spiro atoms. The van der Waals surface area contributed by atoms with Crippen molar-refractivity contribution in [2.24, 2.45) is 0 Å². The zero-order valence-electron chi connectivity index (χ0n) is 11.6. The van der Waals surface area contributed by atoms with Crippen LogP contribution in [0.25, 0.3) is 0 Å². The van der Waals surface area contributed by atoms with Gasteiger partial charge in [0, 0.05) is 0 Å². The van der Waals surface area contributed by atoms with Gasteiger partial charge in [-0.25, -0.2) is 13.2 Å². The predicted octanol–water partition coefficient (Wildman–Crippen LogP) is 5.12. The van der Waals surface area contributed by atoms with Crippen molar-refractivity contribution in [3.05, 3.63) is 113 Å². The first kappa shape index (κ1) is 14.4. The monoisotopic (exact) mass is 297 g/mol. The van der Waals surface area contributed by atoms with E-state index < -0.39 is 0 Å². The van der Waals surface area contributed by atoms with Crippen LogP contribution in [0, 0.1) is 23.4 Å². The van der Waals surface area contributed by atoms with Crippen molar-refractivity contribution in [3.63, 3.8) is 0 Å². The number of hydrogen-bond acceptors (Lipinski definition) is 0. The first-order valence-electron chi connectivity index (χ1n) is 6.78. The molecule has 0 fully saturated rings. The average molecular weight is 297 g/mol. The molecule has 3 aromatic carbocycles. The van der Waals surface area contributed by atoms with E-state index in [0.29, 0.717) is 0 Å². The molecule has 3 aromatic rings. The van der Waals surface area contributed by atoms with Gasteiger partial charge in [0.15, 0.2) is 0 Å². The summed E-state index contributed by atoms with van der Waals surface area (Å²) in [6.45, 7) is 0. The normalized spacial score (nSPS) is 10.9. The minimum atomic E-state index is -0.332. The molecule has 3 rings (SSSR count). The van der Waals surface area contributed by atoms with Gasteiger partial charge in [0.05, 0.1) is 5.92 Å². The van der Waals surface area contributed by atoms with Crippen LogP contribution in [0.2, 0.25) is 0 Å². The summed E-state index contributed by atoms with van der Waals surface area (Å²) in [4.78, 5) is 0. The van der Waals surface area contributed by atoms with Crippen LogP contribution in [0.5, 0.6) is 0 Å². The quantitative estimate of drug-likeness (QED) is 0.588. The fraction of sp³-hybridized carbons (Fsp3) is 0. The summed E-state index contributed by atoms with van der Waals surface area (Å²) in [6.07, 6.45) is 0. The number of halogens is 3. The number of hydrogen-bond donors (Lipinski definition) is 0. The maximum Gasteiger partial charge on any atom is 0.123 e. The van der Waals surface area contributed by atoms with Gasteiger partial charge in [0.1, 0.15) is 17.5 Å². The molecule has 0 aromatic heterocycles. The molecule has 109 valence electrons. The van der Waals surface area contributed by atoms with Crippen LogP contribution in [0.3, 0.4) is 0 Å². The van der Waals surface area contributed by atoms with Crippen LogP contribution in [0.15, 0.2) is 72.8 Å². The zero-order chi connectivity index (χ0) is 15.5. The third kappa shape index (κ3) is 3.03. The van der Waals surface area contributed by atoms with Crippen LogP contribution in [-0.4, -0.2) is 0 Å². The molecule has 0 aliphatic heterocycles. The van der Waals surface area contributed by atoms with Gasteiger partial charge in [-0.15, -0.1) is 0 Å². The number of rotatable bonds is 3. The molecule has 0 aliphatic carbocycles. The molecule has 0 heterocycles. The smallest absolute Gasteiger partial charge is 0.123 e. The fourth-order valence-electron chi connectivity index (χ4n) is 2.35. The molecule has 22 heavy (non-hydrogen) atoms. The lowest BCUT2D eigenvalue weighted by Crippen LogP contribution is -2.05. The Morgan fingerprint density at radius 2 is 0.636 bits per heavy atom. The van der Waals surface area contributed by atoms with Crippen LogP contribution in [0.1, 0.15) is 16.7 Å². The lowest BCUT2D eigenvalue weighted by Gasteiger charge is -2.18. The minimum Gasteiger partial charge on any atom is -0.207 e. The van der Waals surface area contributed by atoms with Gasteiger partial charge in [-0.1, -0.05) is 36.4 Å². The summed E-state index contributed by atoms with van der Waals surface area (Å²) in [7, 11) is 0. The topological polar surface area (TPSA) is 0 Å². The van der Waals surface area contributed by atoms with E-state index in [1.54, 1.807) is 36.4 Å². The first-order chi connectivity index (χ1) is 10.6. The highest BCUT2D eigenvalue weighted by Gasteiger charge is 2.18.